The molecule has 0 saturated carbocycles. The lowest BCUT2D eigenvalue weighted by atomic mass is 10.2. The van der Waals surface area contributed by atoms with Crippen molar-refractivity contribution in [3.63, 3.8) is 0 Å². The molecule has 2 aromatic rings. The van der Waals surface area contributed by atoms with Crippen LogP contribution in [0.25, 0.3) is 0 Å². The molecule has 1 atom stereocenters. The van der Waals surface area contributed by atoms with Crippen LogP contribution in [0.4, 0.5) is 0 Å². The minimum Gasteiger partial charge on any atom is -0.491 e. The van der Waals surface area contributed by atoms with Crippen LogP contribution in [0.3, 0.4) is 0 Å². The van der Waals surface area contributed by atoms with Gasteiger partial charge >= 0.3 is 0 Å². The van der Waals surface area contributed by atoms with Crippen LogP contribution in [-0.2, 0) is 6.61 Å². The molecule has 0 fully saturated rings. The number of hydrogen-bond acceptors (Lipinski definition) is 4. The summed E-state index contributed by atoms with van der Waals surface area (Å²) in [6.07, 6.45) is 0.532. The van der Waals surface area contributed by atoms with Crippen molar-refractivity contribution in [2.45, 2.75) is 26.1 Å². The van der Waals surface area contributed by atoms with Gasteiger partial charge in [-0.05, 0) is 30.7 Å². The SMILES string of the molecule is CCCNCC(O)COc1cccc(OCc2ccccc2)c1. The van der Waals surface area contributed by atoms with Gasteiger partial charge < -0.3 is 19.9 Å². The Labute approximate surface area is 138 Å². The van der Waals surface area contributed by atoms with Crippen molar-refractivity contribution < 1.29 is 14.6 Å². The fourth-order valence-electron chi connectivity index (χ4n) is 2.09. The van der Waals surface area contributed by atoms with Crippen molar-refractivity contribution in [1.29, 1.82) is 0 Å². The van der Waals surface area contributed by atoms with Crippen LogP contribution >= 0.6 is 0 Å². The number of ether oxygens (including phenoxy) is 2. The van der Waals surface area contributed by atoms with E-state index in [0.29, 0.717) is 18.9 Å². The van der Waals surface area contributed by atoms with Gasteiger partial charge in [-0.1, -0.05) is 43.3 Å². The zero-order valence-electron chi connectivity index (χ0n) is 13.6. The number of benzene rings is 2. The van der Waals surface area contributed by atoms with E-state index < -0.39 is 6.10 Å². The smallest absolute Gasteiger partial charge is 0.123 e. The molecule has 2 aromatic carbocycles. The summed E-state index contributed by atoms with van der Waals surface area (Å²) in [4.78, 5) is 0. The summed E-state index contributed by atoms with van der Waals surface area (Å²) in [5.41, 5.74) is 1.12. The van der Waals surface area contributed by atoms with Gasteiger partial charge in [0.05, 0.1) is 0 Å². The maximum atomic E-state index is 9.84. The third kappa shape index (κ3) is 6.72. The minimum atomic E-state index is -0.518. The van der Waals surface area contributed by atoms with Gasteiger partial charge in [-0.3, -0.25) is 0 Å². The predicted molar refractivity (Wildman–Crippen MR) is 91.9 cm³/mol. The minimum absolute atomic E-state index is 0.263. The lowest BCUT2D eigenvalue weighted by Gasteiger charge is -2.14. The molecule has 0 saturated heterocycles. The van der Waals surface area contributed by atoms with Crippen molar-refractivity contribution in [1.82, 2.24) is 5.32 Å². The highest BCUT2D eigenvalue weighted by atomic mass is 16.5. The van der Waals surface area contributed by atoms with Gasteiger partial charge in [-0.2, -0.15) is 0 Å². The summed E-state index contributed by atoms with van der Waals surface area (Å²) in [6, 6.07) is 17.5. The van der Waals surface area contributed by atoms with Crippen molar-refractivity contribution in [2.75, 3.05) is 19.7 Å². The van der Waals surface area contributed by atoms with Gasteiger partial charge in [0.25, 0.3) is 0 Å². The number of hydrogen-bond donors (Lipinski definition) is 2. The van der Waals surface area contributed by atoms with E-state index in [2.05, 4.69) is 12.2 Å². The first-order valence-electron chi connectivity index (χ1n) is 8.06. The molecular weight excluding hydrogens is 290 g/mol. The van der Waals surface area contributed by atoms with E-state index >= 15 is 0 Å². The Morgan fingerprint density at radius 1 is 1.00 bits per heavy atom. The van der Waals surface area contributed by atoms with Gasteiger partial charge in [-0.15, -0.1) is 0 Å². The van der Waals surface area contributed by atoms with Crippen LogP contribution in [0.1, 0.15) is 18.9 Å². The normalized spacial score (nSPS) is 11.9. The van der Waals surface area contributed by atoms with Crippen molar-refractivity contribution in [3.8, 4) is 11.5 Å². The Morgan fingerprint density at radius 3 is 2.48 bits per heavy atom. The summed E-state index contributed by atoms with van der Waals surface area (Å²) in [6.45, 7) is 4.32. The second-order valence-corrected chi connectivity index (χ2v) is 5.42. The van der Waals surface area contributed by atoms with E-state index in [-0.39, 0.29) is 6.61 Å². The predicted octanol–water partition coefficient (Wildman–Crippen LogP) is 3.00. The molecule has 23 heavy (non-hydrogen) atoms. The summed E-state index contributed by atoms with van der Waals surface area (Å²) in [5, 5.41) is 13.0. The van der Waals surface area contributed by atoms with Crippen LogP contribution in [0.5, 0.6) is 11.5 Å². The van der Waals surface area contributed by atoms with Crippen LogP contribution in [0.2, 0.25) is 0 Å². The molecule has 4 nitrogen and oxygen atoms in total. The Hall–Kier alpha value is -2.04. The highest BCUT2D eigenvalue weighted by Crippen LogP contribution is 2.20. The molecule has 0 aliphatic heterocycles. The lowest BCUT2D eigenvalue weighted by molar-refractivity contribution is 0.106. The first kappa shape index (κ1) is 17.3. The van der Waals surface area contributed by atoms with Crippen LogP contribution < -0.4 is 14.8 Å². The third-order valence-electron chi connectivity index (χ3n) is 3.30. The van der Waals surface area contributed by atoms with Crippen LogP contribution in [0.15, 0.2) is 54.6 Å². The summed E-state index contributed by atoms with van der Waals surface area (Å²) < 4.78 is 11.4. The Morgan fingerprint density at radius 2 is 1.74 bits per heavy atom. The molecule has 4 heteroatoms. The zero-order valence-corrected chi connectivity index (χ0v) is 13.6. The monoisotopic (exact) mass is 315 g/mol. The van der Waals surface area contributed by atoms with E-state index in [0.717, 1.165) is 24.3 Å². The second-order valence-electron chi connectivity index (χ2n) is 5.42. The maximum Gasteiger partial charge on any atom is 0.123 e. The summed E-state index contributed by atoms with van der Waals surface area (Å²) in [7, 11) is 0. The molecule has 0 heterocycles. The highest BCUT2D eigenvalue weighted by Gasteiger charge is 2.05. The maximum absolute atomic E-state index is 9.84. The number of rotatable bonds is 10. The third-order valence-corrected chi connectivity index (χ3v) is 3.30. The van der Waals surface area contributed by atoms with Gasteiger partial charge in [0.15, 0.2) is 0 Å². The molecule has 124 valence electrons. The Balaban J connectivity index is 1.78. The second kappa shape index (κ2) is 9.87. The number of aliphatic hydroxyl groups is 1. The summed E-state index contributed by atoms with van der Waals surface area (Å²) >= 11 is 0. The lowest BCUT2D eigenvalue weighted by Crippen LogP contribution is -2.31. The van der Waals surface area contributed by atoms with Crippen molar-refractivity contribution in [3.05, 3.63) is 60.2 Å². The van der Waals surface area contributed by atoms with Crippen LogP contribution in [0, 0.1) is 0 Å². The van der Waals surface area contributed by atoms with E-state index in [1.807, 2.05) is 54.6 Å². The molecule has 1 unspecified atom stereocenters. The van der Waals surface area contributed by atoms with E-state index in [4.69, 9.17) is 9.47 Å². The Kier molecular flexibility index (Phi) is 7.43. The van der Waals surface area contributed by atoms with Gasteiger partial charge in [0.1, 0.15) is 30.8 Å². The Bertz CT molecular complexity index is 560. The quantitative estimate of drug-likeness (QED) is 0.662. The molecule has 2 rings (SSSR count). The zero-order chi connectivity index (χ0) is 16.3. The fraction of sp³-hybridized carbons (Fsp3) is 0.368. The van der Waals surface area contributed by atoms with Gasteiger partial charge in [0.2, 0.25) is 0 Å². The van der Waals surface area contributed by atoms with E-state index in [1.165, 1.54) is 0 Å². The van der Waals surface area contributed by atoms with Gasteiger partial charge in [0, 0.05) is 12.6 Å². The van der Waals surface area contributed by atoms with Crippen LogP contribution in [-0.4, -0.2) is 30.9 Å². The molecular formula is C19H25NO3. The largest absolute Gasteiger partial charge is 0.491 e. The molecule has 0 aliphatic rings. The van der Waals surface area contributed by atoms with Crippen molar-refractivity contribution in [2.24, 2.45) is 0 Å². The molecule has 0 spiro atoms. The van der Waals surface area contributed by atoms with Crippen molar-refractivity contribution >= 4 is 0 Å². The van der Waals surface area contributed by atoms with Gasteiger partial charge in [-0.25, -0.2) is 0 Å². The summed E-state index contributed by atoms with van der Waals surface area (Å²) in [5.74, 6) is 1.45. The number of nitrogens with one attached hydrogen (secondary N) is 1. The number of aliphatic hydroxyl groups excluding tert-OH is 1. The molecule has 0 radical (unpaired) electrons. The molecule has 2 N–H and O–H groups in total. The first-order chi connectivity index (χ1) is 11.3. The molecule has 0 bridgehead atoms. The van der Waals surface area contributed by atoms with E-state index in [1.54, 1.807) is 0 Å². The fourth-order valence-corrected chi connectivity index (χ4v) is 2.09. The topological polar surface area (TPSA) is 50.7 Å². The molecule has 0 amide bonds. The molecule has 0 aliphatic carbocycles. The highest BCUT2D eigenvalue weighted by molar-refractivity contribution is 5.33. The standard InChI is InChI=1S/C19H25NO3/c1-2-11-20-13-17(21)15-23-19-10-6-9-18(12-19)22-14-16-7-4-3-5-8-16/h3-10,12,17,20-21H,2,11,13-15H2,1H3. The average molecular weight is 315 g/mol. The average Bonchev–Trinajstić information content (AvgIpc) is 2.60. The first-order valence-corrected chi connectivity index (χ1v) is 8.06. The molecule has 0 aromatic heterocycles. The van der Waals surface area contributed by atoms with E-state index in [9.17, 15) is 5.11 Å².